The third-order valence-electron chi connectivity index (χ3n) is 2.66. The van der Waals surface area contributed by atoms with Crippen LogP contribution in [0.2, 0.25) is 0 Å². The smallest absolute Gasteiger partial charge is 0.122 e. The zero-order valence-electron chi connectivity index (χ0n) is 7.38. The van der Waals surface area contributed by atoms with Gasteiger partial charge in [-0.15, -0.1) is 0 Å². The van der Waals surface area contributed by atoms with Gasteiger partial charge in [-0.05, 0) is 12.3 Å². The molecule has 0 heterocycles. The Morgan fingerprint density at radius 3 is 2.55 bits per heavy atom. The van der Waals surface area contributed by atoms with Crippen LogP contribution in [0.5, 0.6) is 0 Å². The SMILES string of the molecule is CC(C=O)CC1CCCCC1. The van der Waals surface area contributed by atoms with Crippen LogP contribution in [0.3, 0.4) is 0 Å². The van der Waals surface area contributed by atoms with E-state index < -0.39 is 0 Å². The fraction of sp³-hybridized carbons (Fsp3) is 0.900. The van der Waals surface area contributed by atoms with E-state index in [1.54, 1.807) is 0 Å². The molecule has 1 aliphatic rings. The van der Waals surface area contributed by atoms with E-state index in [1.165, 1.54) is 32.1 Å². The molecule has 0 aromatic rings. The molecule has 0 saturated heterocycles. The first-order valence-corrected chi connectivity index (χ1v) is 4.78. The summed E-state index contributed by atoms with van der Waals surface area (Å²) in [6.45, 7) is 2.03. The van der Waals surface area contributed by atoms with Crippen molar-refractivity contribution in [2.75, 3.05) is 0 Å². The Labute approximate surface area is 69.2 Å². The molecule has 1 nitrogen and oxygen atoms in total. The number of carbonyl (C=O) groups excluding carboxylic acids is 1. The monoisotopic (exact) mass is 154 g/mol. The molecule has 1 heteroatoms. The van der Waals surface area contributed by atoms with Crippen LogP contribution in [-0.2, 0) is 4.79 Å². The molecule has 1 saturated carbocycles. The van der Waals surface area contributed by atoms with Gasteiger partial charge in [0.2, 0.25) is 0 Å². The van der Waals surface area contributed by atoms with Crippen LogP contribution in [-0.4, -0.2) is 6.29 Å². The highest BCUT2D eigenvalue weighted by Crippen LogP contribution is 2.28. The molecule has 1 unspecified atom stereocenters. The normalized spacial score (nSPS) is 23.0. The van der Waals surface area contributed by atoms with Crippen LogP contribution in [0.15, 0.2) is 0 Å². The second-order valence-corrected chi connectivity index (χ2v) is 3.85. The third kappa shape index (κ3) is 3.04. The Bertz CT molecular complexity index is 114. The van der Waals surface area contributed by atoms with Crippen LogP contribution in [0, 0.1) is 11.8 Å². The quantitative estimate of drug-likeness (QED) is 0.571. The second-order valence-electron chi connectivity index (χ2n) is 3.85. The molecule has 0 aliphatic heterocycles. The van der Waals surface area contributed by atoms with Gasteiger partial charge in [0.05, 0.1) is 0 Å². The molecule has 0 spiro atoms. The molecule has 1 aliphatic carbocycles. The van der Waals surface area contributed by atoms with E-state index in [4.69, 9.17) is 0 Å². The molecule has 0 radical (unpaired) electrons. The summed E-state index contributed by atoms with van der Waals surface area (Å²) in [5.74, 6) is 1.14. The molecule has 0 bridgehead atoms. The predicted octanol–water partition coefficient (Wildman–Crippen LogP) is 2.79. The maximum atomic E-state index is 10.4. The maximum absolute atomic E-state index is 10.4. The van der Waals surface area contributed by atoms with E-state index in [0.717, 1.165) is 18.6 Å². The van der Waals surface area contributed by atoms with E-state index in [1.807, 2.05) is 6.92 Å². The first kappa shape index (κ1) is 8.76. The average molecular weight is 154 g/mol. The van der Waals surface area contributed by atoms with Crippen LogP contribution < -0.4 is 0 Å². The van der Waals surface area contributed by atoms with Gasteiger partial charge in [0.25, 0.3) is 0 Å². The maximum Gasteiger partial charge on any atom is 0.122 e. The number of carbonyl (C=O) groups is 1. The summed E-state index contributed by atoms with van der Waals surface area (Å²) in [6, 6.07) is 0. The summed E-state index contributed by atoms with van der Waals surface area (Å²) < 4.78 is 0. The Hall–Kier alpha value is -0.330. The van der Waals surface area contributed by atoms with E-state index in [9.17, 15) is 4.79 Å². The van der Waals surface area contributed by atoms with Crippen LogP contribution in [0.25, 0.3) is 0 Å². The first-order valence-electron chi connectivity index (χ1n) is 4.78. The van der Waals surface area contributed by atoms with Gasteiger partial charge in [0, 0.05) is 5.92 Å². The number of rotatable bonds is 3. The van der Waals surface area contributed by atoms with Crippen molar-refractivity contribution < 1.29 is 4.79 Å². The Balaban J connectivity index is 2.18. The minimum absolute atomic E-state index is 0.290. The summed E-state index contributed by atoms with van der Waals surface area (Å²) in [5.41, 5.74) is 0. The van der Waals surface area contributed by atoms with Gasteiger partial charge >= 0.3 is 0 Å². The van der Waals surface area contributed by atoms with E-state index in [2.05, 4.69) is 0 Å². The number of hydrogen-bond acceptors (Lipinski definition) is 1. The van der Waals surface area contributed by atoms with Crippen LogP contribution in [0.1, 0.15) is 45.4 Å². The lowest BCUT2D eigenvalue weighted by molar-refractivity contribution is -0.111. The second kappa shape index (κ2) is 4.53. The molecule has 1 rings (SSSR count). The van der Waals surface area contributed by atoms with Gasteiger partial charge in [-0.3, -0.25) is 0 Å². The van der Waals surface area contributed by atoms with E-state index >= 15 is 0 Å². The Kier molecular flexibility index (Phi) is 3.61. The van der Waals surface area contributed by atoms with Crippen molar-refractivity contribution in [3.63, 3.8) is 0 Å². The topological polar surface area (TPSA) is 17.1 Å². The van der Waals surface area contributed by atoms with Crippen LogP contribution >= 0.6 is 0 Å². The summed E-state index contributed by atoms with van der Waals surface area (Å²) in [7, 11) is 0. The number of aldehydes is 1. The molecule has 0 N–H and O–H groups in total. The molecule has 11 heavy (non-hydrogen) atoms. The molecule has 64 valence electrons. The molecule has 0 amide bonds. The lowest BCUT2D eigenvalue weighted by Crippen LogP contribution is -2.10. The molecular weight excluding hydrogens is 136 g/mol. The molecule has 1 atom stereocenters. The predicted molar refractivity (Wildman–Crippen MR) is 46.4 cm³/mol. The number of hydrogen-bond donors (Lipinski definition) is 0. The van der Waals surface area contributed by atoms with Gasteiger partial charge in [-0.1, -0.05) is 39.0 Å². The molecule has 0 aromatic carbocycles. The Morgan fingerprint density at radius 1 is 1.36 bits per heavy atom. The standard InChI is InChI=1S/C10H18O/c1-9(8-11)7-10-5-3-2-4-6-10/h8-10H,2-7H2,1H3. The van der Waals surface area contributed by atoms with Crippen molar-refractivity contribution >= 4 is 6.29 Å². The third-order valence-corrected chi connectivity index (χ3v) is 2.66. The van der Waals surface area contributed by atoms with Crippen molar-refractivity contribution in [1.29, 1.82) is 0 Å². The average Bonchev–Trinajstić information content (AvgIpc) is 2.06. The van der Waals surface area contributed by atoms with Crippen molar-refractivity contribution in [1.82, 2.24) is 0 Å². The van der Waals surface area contributed by atoms with Gasteiger partial charge in [-0.2, -0.15) is 0 Å². The van der Waals surface area contributed by atoms with Gasteiger partial charge in [-0.25, -0.2) is 0 Å². The van der Waals surface area contributed by atoms with Crippen molar-refractivity contribution in [2.45, 2.75) is 45.4 Å². The minimum Gasteiger partial charge on any atom is -0.303 e. The van der Waals surface area contributed by atoms with E-state index in [0.29, 0.717) is 0 Å². The van der Waals surface area contributed by atoms with Gasteiger partial charge < -0.3 is 4.79 Å². The van der Waals surface area contributed by atoms with Crippen molar-refractivity contribution in [2.24, 2.45) is 11.8 Å². The summed E-state index contributed by atoms with van der Waals surface area (Å²) in [5, 5.41) is 0. The molecule has 1 fully saturated rings. The van der Waals surface area contributed by atoms with E-state index in [-0.39, 0.29) is 5.92 Å². The largest absolute Gasteiger partial charge is 0.303 e. The van der Waals surface area contributed by atoms with Crippen molar-refractivity contribution in [3.8, 4) is 0 Å². The summed E-state index contributed by atoms with van der Waals surface area (Å²) in [6.07, 6.45) is 9.12. The van der Waals surface area contributed by atoms with Crippen molar-refractivity contribution in [3.05, 3.63) is 0 Å². The summed E-state index contributed by atoms with van der Waals surface area (Å²) in [4.78, 5) is 10.4. The highest BCUT2D eigenvalue weighted by atomic mass is 16.1. The highest BCUT2D eigenvalue weighted by Gasteiger charge is 2.15. The Morgan fingerprint density at radius 2 is 2.00 bits per heavy atom. The summed E-state index contributed by atoms with van der Waals surface area (Å²) >= 11 is 0. The lowest BCUT2D eigenvalue weighted by Gasteiger charge is -2.22. The van der Waals surface area contributed by atoms with Crippen LogP contribution in [0.4, 0.5) is 0 Å². The fourth-order valence-corrected chi connectivity index (χ4v) is 2.00. The van der Waals surface area contributed by atoms with Gasteiger partial charge in [0.1, 0.15) is 6.29 Å². The highest BCUT2D eigenvalue weighted by molar-refractivity contribution is 5.52. The molecule has 0 aromatic heterocycles. The first-order chi connectivity index (χ1) is 5.33. The lowest BCUT2D eigenvalue weighted by atomic mass is 9.84. The molecular formula is C10H18O. The zero-order valence-corrected chi connectivity index (χ0v) is 7.38. The zero-order chi connectivity index (χ0) is 8.10. The fourth-order valence-electron chi connectivity index (χ4n) is 2.00. The minimum atomic E-state index is 0.290. The van der Waals surface area contributed by atoms with Gasteiger partial charge in [0.15, 0.2) is 0 Å².